The molecule has 1 atom stereocenters. The van der Waals surface area contributed by atoms with Crippen molar-refractivity contribution in [3.05, 3.63) is 29.6 Å². The van der Waals surface area contributed by atoms with Crippen LogP contribution in [0.1, 0.15) is 30.9 Å². The molecule has 1 unspecified atom stereocenters. The van der Waals surface area contributed by atoms with Crippen LogP contribution in [0, 0.1) is 11.7 Å². The van der Waals surface area contributed by atoms with Crippen LogP contribution in [0.3, 0.4) is 0 Å². The second-order valence-electron chi connectivity index (χ2n) is 4.32. The van der Waals surface area contributed by atoms with Gasteiger partial charge in [-0.15, -0.1) is 0 Å². The summed E-state index contributed by atoms with van der Waals surface area (Å²) in [7, 11) is 3.39. The summed E-state index contributed by atoms with van der Waals surface area (Å²) in [5.41, 5.74) is 0.728. The number of nitrogens with one attached hydrogen (secondary N) is 1. The first-order valence-corrected chi connectivity index (χ1v) is 5.77. The van der Waals surface area contributed by atoms with Crippen molar-refractivity contribution < 1.29 is 9.13 Å². The molecule has 1 aliphatic carbocycles. The fraction of sp³-hybridized carbons (Fsp3) is 0.538. The Bertz CT molecular complexity index is 363. The van der Waals surface area contributed by atoms with Crippen molar-refractivity contribution in [2.24, 2.45) is 5.92 Å². The third kappa shape index (κ3) is 1.92. The van der Waals surface area contributed by atoms with Crippen LogP contribution in [0.15, 0.2) is 18.2 Å². The average Bonchev–Trinajstić information content (AvgIpc) is 2.24. The summed E-state index contributed by atoms with van der Waals surface area (Å²) >= 11 is 0. The van der Waals surface area contributed by atoms with Crippen molar-refractivity contribution in [2.45, 2.75) is 25.3 Å². The van der Waals surface area contributed by atoms with Crippen LogP contribution in [0.4, 0.5) is 4.39 Å². The molecule has 2 nitrogen and oxygen atoms in total. The van der Waals surface area contributed by atoms with Crippen LogP contribution in [0.5, 0.6) is 5.75 Å². The van der Waals surface area contributed by atoms with Gasteiger partial charge in [0, 0.05) is 11.6 Å². The fourth-order valence-electron chi connectivity index (χ4n) is 2.34. The van der Waals surface area contributed by atoms with Gasteiger partial charge >= 0.3 is 0 Å². The summed E-state index contributed by atoms with van der Waals surface area (Å²) in [5, 5.41) is 3.22. The van der Waals surface area contributed by atoms with Gasteiger partial charge in [0.15, 0.2) is 11.6 Å². The minimum absolute atomic E-state index is 0.115. The van der Waals surface area contributed by atoms with Crippen molar-refractivity contribution >= 4 is 0 Å². The van der Waals surface area contributed by atoms with Crippen molar-refractivity contribution in [2.75, 3.05) is 14.2 Å². The van der Waals surface area contributed by atoms with Gasteiger partial charge in [0.05, 0.1) is 7.11 Å². The zero-order valence-corrected chi connectivity index (χ0v) is 9.79. The summed E-state index contributed by atoms with van der Waals surface area (Å²) < 4.78 is 19.1. The van der Waals surface area contributed by atoms with E-state index in [1.54, 1.807) is 6.07 Å². The zero-order valence-electron chi connectivity index (χ0n) is 9.79. The lowest BCUT2D eigenvalue weighted by molar-refractivity contribution is 0.234. The summed E-state index contributed by atoms with van der Waals surface area (Å²) in [5.74, 6) is 0.667. The molecule has 0 spiro atoms. The van der Waals surface area contributed by atoms with Gasteiger partial charge in [-0.05, 0) is 31.9 Å². The van der Waals surface area contributed by atoms with Crippen LogP contribution >= 0.6 is 0 Å². The highest BCUT2D eigenvalue weighted by Crippen LogP contribution is 2.39. The molecule has 0 bridgehead atoms. The van der Waals surface area contributed by atoms with Gasteiger partial charge < -0.3 is 10.1 Å². The van der Waals surface area contributed by atoms with Gasteiger partial charge in [-0.1, -0.05) is 18.6 Å². The first kappa shape index (κ1) is 11.4. The molecule has 88 valence electrons. The van der Waals surface area contributed by atoms with Crippen LogP contribution < -0.4 is 10.1 Å². The Morgan fingerprint density at radius 2 is 2.19 bits per heavy atom. The number of rotatable bonds is 4. The van der Waals surface area contributed by atoms with Crippen molar-refractivity contribution in [3.8, 4) is 5.75 Å². The Hall–Kier alpha value is -1.09. The number of methoxy groups -OCH3 is 1. The summed E-state index contributed by atoms with van der Waals surface area (Å²) in [6, 6.07) is 5.47. The Kier molecular flexibility index (Phi) is 3.44. The minimum atomic E-state index is -0.226. The highest BCUT2D eigenvalue weighted by atomic mass is 19.1. The predicted molar refractivity (Wildman–Crippen MR) is 62.1 cm³/mol. The molecular formula is C13H18FNO. The topological polar surface area (TPSA) is 21.3 Å². The third-order valence-electron chi connectivity index (χ3n) is 3.48. The summed E-state index contributed by atoms with van der Waals surface area (Å²) in [4.78, 5) is 0. The second-order valence-corrected chi connectivity index (χ2v) is 4.32. The average molecular weight is 223 g/mol. The summed E-state index contributed by atoms with van der Waals surface area (Å²) in [6.45, 7) is 0. The molecule has 1 aromatic rings. The quantitative estimate of drug-likeness (QED) is 0.847. The number of benzene rings is 1. The lowest BCUT2D eigenvalue weighted by Gasteiger charge is -2.34. The number of hydrogen-bond acceptors (Lipinski definition) is 2. The molecule has 1 fully saturated rings. The lowest BCUT2D eigenvalue weighted by Crippen LogP contribution is -2.30. The molecule has 1 saturated carbocycles. The Morgan fingerprint density at radius 1 is 1.44 bits per heavy atom. The smallest absolute Gasteiger partial charge is 0.169 e. The molecule has 1 N–H and O–H groups in total. The summed E-state index contributed by atoms with van der Waals surface area (Å²) in [6.07, 6.45) is 3.62. The van der Waals surface area contributed by atoms with E-state index >= 15 is 0 Å². The lowest BCUT2D eigenvalue weighted by atomic mass is 9.77. The maximum Gasteiger partial charge on any atom is 0.169 e. The maximum absolute atomic E-state index is 14.1. The molecule has 1 aromatic carbocycles. The van der Waals surface area contributed by atoms with Crippen molar-refractivity contribution in [1.82, 2.24) is 5.32 Å². The molecule has 0 aliphatic heterocycles. The van der Waals surface area contributed by atoms with E-state index in [1.165, 1.54) is 26.4 Å². The first-order valence-electron chi connectivity index (χ1n) is 5.77. The molecule has 0 aromatic heterocycles. The molecule has 16 heavy (non-hydrogen) atoms. The molecule has 0 saturated heterocycles. The van der Waals surface area contributed by atoms with E-state index in [0.717, 1.165) is 5.56 Å². The van der Waals surface area contributed by atoms with Crippen LogP contribution in [-0.4, -0.2) is 14.2 Å². The third-order valence-corrected chi connectivity index (χ3v) is 3.48. The largest absolute Gasteiger partial charge is 0.494 e. The van der Waals surface area contributed by atoms with Crippen LogP contribution in [0.25, 0.3) is 0 Å². The van der Waals surface area contributed by atoms with E-state index in [4.69, 9.17) is 4.74 Å². The normalized spacial score (nSPS) is 17.9. The van der Waals surface area contributed by atoms with Crippen LogP contribution in [-0.2, 0) is 0 Å². The van der Waals surface area contributed by atoms with Crippen molar-refractivity contribution in [1.29, 1.82) is 0 Å². The Balaban J connectivity index is 2.29. The Morgan fingerprint density at radius 3 is 2.69 bits per heavy atom. The van der Waals surface area contributed by atoms with Crippen LogP contribution in [0.2, 0.25) is 0 Å². The number of ether oxygens (including phenoxy) is 1. The minimum Gasteiger partial charge on any atom is -0.494 e. The molecule has 0 amide bonds. The SMILES string of the molecule is CNC(c1cccc(OC)c1F)C1CCC1. The van der Waals surface area contributed by atoms with E-state index < -0.39 is 0 Å². The molecule has 0 radical (unpaired) electrons. The molecule has 1 aliphatic rings. The van der Waals surface area contributed by atoms with Gasteiger partial charge in [0.2, 0.25) is 0 Å². The van der Waals surface area contributed by atoms with Gasteiger partial charge in [-0.3, -0.25) is 0 Å². The van der Waals surface area contributed by atoms with Gasteiger partial charge in [0.25, 0.3) is 0 Å². The van der Waals surface area contributed by atoms with Gasteiger partial charge in [-0.25, -0.2) is 4.39 Å². The van der Waals surface area contributed by atoms with E-state index in [1.807, 2.05) is 19.2 Å². The Labute approximate surface area is 95.8 Å². The van der Waals surface area contributed by atoms with Crippen molar-refractivity contribution in [3.63, 3.8) is 0 Å². The monoisotopic (exact) mass is 223 g/mol. The van der Waals surface area contributed by atoms with E-state index in [9.17, 15) is 4.39 Å². The fourth-order valence-corrected chi connectivity index (χ4v) is 2.34. The predicted octanol–water partition coefficient (Wildman–Crippen LogP) is 2.89. The van der Waals surface area contributed by atoms with E-state index in [-0.39, 0.29) is 11.9 Å². The molecular weight excluding hydrogens is 205 g/mol. The number of halogens is 1. The number of hydrogen-bond donors (Lipinski definition) is 1. The van der Waals surface area contributed by atoms with E-state index in [0.29, 0.717) is 11.7 Å². The maximum atomic E-state index is 14.1. The highest BCUT2D eigenvalue weighted by Gasteiger charge is 2.29. The first-order chi connectivity index (χ1) is 7.77. The van der Waals surface area contributed by atoms with Gasteiger partial charge in [-0.2, -0.15) is 0 Å². The standard InChI is InChI=1S/C13H18FNO/c1-15-13(9-5-3-6-9)10-7-4-8-11(16-2)12(10)14/h4,7-9,13,15H,3,5-6H2,1-2H3. The zero-order chi connectivity index (χ0) is 11.5. The molecule has 3 heteroatoms. The van der Waals surface area contributed by atoms with E-state index in [2.05, 4.69) is 5.32 Å². The highest BCUT2D eigenvalue weighted by molar-refractivity contribution is 5.33. The van der Waals surface area contributed by atoms with Gasteiger partial charge in [0.1, 0.15) is 0 Å². The second kappa shape index (κ2) is 4.83. The molecule has 0 heterocycles. The molecule has 2 rings (SSSR count).